The smallest absolute Gasteiger partial charge is 0.308 e. The summed E-state index contributed by atoms with van der Waals surface area (Å²) in [6.07, 6.45) is 24.1. The van der Waals surface area contributed by atoms with Crippen LogP contribution < -0.4 is 0 Å². The molecule has 0 heterocycles. The first-order valence-electron chi connectivity index (χ1n) is 20.4. The van der Waals surface area contributed by atoms with E-state index in [1.807, 2.05) is 6.92 Å². The molecule has 0 saturated carbocycles. The van der Waals surface area contributed by atoms with Crippen molar-refractivity contribution in [2.45, 2.75) is 149 Å². The summed E-state index contributed by atoms with van der Waals surface area (Å²) in [7, 11) is 0. The standard InChI is InChI=1S/C40H78O10/c1-4-7-9-10-11-12-13-14-15-16-17-18-19-20-21-23-39(41)49-36-34-47-32-30-45-28-26-43-24-25-44-27-29-46-31-33-48-35-37-50-40(42)38(6-3)22-8-5-2/h38H,4-37H2,1-3H3. The van der Waals surface area contributed by atoms with Crippen LogP contribution in [0.1, 0.15) is 149 Å². The minimum absolute atomic E-state index is 0.00290. The van der Waals surface area contributed by atoms with Crippen molar-refractivity contribution in [3.63, 3.8) is 0 Å². The van der Waals surface area contributed by atoms with Crippen molar-refractivity contribution >= 4 is 11.9 Å². The van der Waals surface area contributed by atoms with Gasteiger partial charge in [-0.1, -0.05) is 124 Å². The van der Waals surface area contributed by atoms with E-state index in [1.54, 1.807) is 0 Å². The topological polar surface area (TPSA) is 108 Å². The van der Waals surface area contributed by atoms with Gasteiger partial charge < -0.3 is 37.9 Å². The molecule has 1 unspecified atom stereocenters. The largest absolute Gasteiger partial charge is 0.463 e. The molecule has 0 fully saturated rings. The molecule has 298 valence electrons. The van der Waals surface area contributed by atoms with Gasteiger partial charge in [0.15, 0.2) is 0 Å². The monoisotopic (exact) mass is 719 g/mol. The van der Waals surface area contributed by atoms with Crippen LogP contribution >= 0.6 is 0 Å². The number of unbranched alkanes of at least 4 members (excludes halogenated alkanes) is 15. The van der Waals surface area contributed by atoms with Gasteiger partial charge in [-0.3, -0.25) is 9.59 Å². The van der Waals surface area contributed by atoms with Gasteiger partial charge in [0.1, 0.15) is 13.2 Å². The lowest BCUT2D eigenvalue weighted by atomic mass is 10.00. The second-order valence-corrected chi connectivity index (χ2v) is 13.0. The van der Waals surface area contributed by atoms with Gasteiger partial charge in [0.25, 0.3) is 0 Å². The van der Waals surface area contributed by atoms with Crippen molar-refractivity contribution < 1.29 is 47.5 Å². The molecule has 0 spiro atoms. The highest BCUT2D eigenvalue weighted by Gasteiger charge is 2.17. The van der Waals surface area contributed by atoms with Crippen LogP contribution in [0.25, 0.3) is 0 Å². The molecule has 0 saturated heterocycles. The first-order valence-corrected chi connectivity index (χ1v) is 20.4. The molecule has 0 aromatic heterocycles. The van der Waals surface area contributed by atoms with Crippen LogP contribution in [-0.4, -0.2) is 104 Å². The molecule has 0 N–H and O–H groups in total. The Kier molecular flexibility index (Phi) is 41.0. The summed E-state index contributed by atoms with van der Waals surface area (Å²) < 4.78 is 43.4. The van der Waals surface area contributed by atoms with E-state index in [-0.39, 0.29) is 31.1 Å². The van der Waals surface area contributed by atoms with Gasteiger partial charge in [-0.2, -0.15) is 0 Å². The minimum Gasteiger partial charge on any atom is -0.463 e. The van der Waals surface area contributed by atoms with E-state index in [0.717, 1.165) is 38.5 Å². The lowest BCUT2D eigenvalue weighted by Crippen LogP contribution is -2.20. The van der Waals surface area contributed by atoms with E-state index in [0.29, 0.717) is 85.7 Å². The van der Waals surface area contributed by atoms with Crippen molar-refractivity contribution in [3.05, 3.63) is 0 Å². The molecule has 0 aromatic carbocycles. The third kappa shape index (κ3) is 37.9. The predicted octanol–water partition coefficient (Wildman–Crippen LogP) is 8.65. The van der Waals surface area contributed by atoms with Crippen molar-refractivity contribution in [1.29, 1.82) is 0 Å². The fraction of sp³-hybridized carbons (Fsp3) is 0.950. The normalized spacial score (nSPS) is 12.0. The van der Waals surface area contributed by atoms with Crippen LogP contribution in [0.5, 0.6) is 0 Å². The zero-order chi connectivity index (χ0) is 36.4. The molecule has 0 aromatic rings. The molecule has 0 aliphatic rings. The Bertz CT molecular complexity index is 693. The third-order valence-corrected chi connectivity index (χ3v) is 8.54. The van der Waals surface area contributed by atoms with Crippen LogP contribution in [0.2, 0.25) is 0 Å². The summed E-state index contributed by atoms with van der Waals surface area (Å²) in [6, 6.07) is 0. The summed E-state index contributed by atoms with van der Waals surface area (Å²) in [4.78, 5) is 23.9. The van der Waals surface area contributed by atoms with Gasteiger partial charge in [0, 0.05) is 6.42 Å². The molecule has 0 aliphatic heterocycles. The molecule has 0 rings (SSSR count). The number of ether oxygens (including phenoxy) is 8. The summed E-state index contributed by atoms with van der Waals surface area (Å²) in [5.41, 5.74) is 0. The average molecular weight is 719 g/mol. The molecule has 10 nitrogen and oxygen atoms in total. The second kappa shape index (κ2) is 42.1. The molecule has 0 radical (unpaired) electrons. The number of carbonyl (C=O) groups is 2. The van der Waals surface area contributed by atoms with E-state index in [9.17, 15) is 9.59 Å². The summed E-state index contributed by atoms with van der Waals surface area (Å²) in [5.74, 6) is -0.252. The SMILES string of the molecule is CCCCCCCCCCCCCCCCCC(=O)OCCOCCOCCOCCOCCOCCOCCOC(=O)C(CC)CCCC. The molecule has 50 heavy (non-hydrogen) atoms. The average Bonchev–Trinajstić information content (AvgIpc) is 3.12. The van der Waals surface area contributed by atoms with Crippen molar-refractivity contribution in [3.8, 4) is 0 Å². The highest BCUT2D eigenvalue weighted by Crippen LogP contribution is 2.15. The Labute approximate surface area is 306 Å². The Balaban J connectivity index is 3.22. The van der Waals surface area contributed by atoms with Crippen molar-refractivity contribution in [2.24, 2.45) is 5.92 Å². The maximum absolute atomic E-state index is 12.0. The maximum atomic E-state index is 12.0. The van der Waals surface area contributed by atoms with Gasteiger partial charge in [-0.05, 0) is 19.3 Å². The highest BCUT2D eigenvalue weighted by molar-refractivity contribution is 5.72. The number of hydrogen-bond donors (Lipinski definition) is 0. The minimum atomic E-state index is -0.131. The predicted molar refractivity (Wildman–Crippen MR) is 200 cm³/mol. The van der Waals surface area contributed by atoms with Gasteiger partial charge in [-0.15, -0.1) is 0 Å². The first kappa shape index (κ1) is 48.7. The molecular weight excluding hydrogens is 640 g/mol. The molecular formula is C40H78O10. The van der Waals surface area contributed by atoms with Crippen LogP contribution in [0.15, 0.2) is 0 Å². The van der Waals surface area contributed by atoms with E-state index < -0.39 is 0 Å². The fourth-order valence-electron chi connectivity index (χ4n) is 5.39. The summed E-state index contributed by atoms with van der Waals surface area (Å²) >= 11 is 0. The Hall–Kier alpha value is -1.30. The van der Waals surface area contributed by atoms with E-state index in [2.05, 4.69) is 13.8 Å². The van der Waals surface area contributed by atoms with Gasteiger partial charge >= 0.3 is 11.9 Å². The van der Waals surface area contributed by atoms with E-state index in [4.69, 9.17) is 37.9 Å². The first-order chi connectivity index (χ1) is 24.7. The fourth-order valence-corrected chi connectivity index (χ4v) is 5.39. The number of carbonyl (C=O) groups excluding carboxylic acids is 2. The Morgan fingerprint density at radius 2 is 0.700 bits per heavy atom. The lowest BCUT2D eigenvalue weighted by molar-refractivity contribution is -0.150. The zero-order valence-corrected chi connectivity index (χ0v) is 32.7. The second-order valence-electron chi connectivity index (χ2n) is 13.0. The van der Waals surface area contributed by atoms with Crippen molar-refractivity contribution in [1.82, 2.24) is 0 Å². The van der Waals surface area contributed by atoms with Gasteiger partial charge in [-0.25, -0.2) is 0 Å². The number of hydrogen-bond acceptors (Lipinski definition) is 10. The number of esters is 2. The summed E-state index contributed by atoms with van der Waals surface area (Å²) in [5, 5.41) is 0. The molecule has 0 aliphatic carbocycles. The van der Waals surface area contributed by atoms with E-state index in [1.165, 1.54) is 83.5 Å². The quantitative estimate of drug-likeness (QED) is 0.0450. The van der Waals surface area contributed by atoms with Crippen LogP contribution in [-0.2, 0) is 47.5 Å². The maximum Gasteiger partial charge on any atom is 0.308 e. The lowest BCUT2D eigenvalue weighted by Gasteiger charge is -2.13. The summed E-state index contributed by atoms with van der Waals surface area (Å²) in [6.45, 7) is 12.5. The Morgan fingerprint density at radius 1 is 0.380 bits per heavy atom. The molecule has 1 atom stereocenters. The third-order valence-electron chi connectivity index (χ3n) is 8.54. The number of rotatable bonds is 42. The van der Waals surface area contributed by atoms with Crippen LogP contribution in [0.4, 0.5) is 0 Å². The highest BCUT2D eigenvalue weighted by atomic mass is 16.6. The van der Waals surface area contributed by atoms with Gasteiger partial charge in [0.05, 0.1) is 85.2 Å². The molecule has 10 heteroatoms. The van der Waals surface area contributed by atoms with Crippen molar-refractivity contribution in [2.75, 3.05) is 92.5 Å². The Morgan fingerprint density at radius 3 is 1.06 bits per heavy atom. The van der Waals surface area contributed by atoms with Crippen LogP contribution in [0.3, 0.4) is 0 Å². The molecule has 0 bridgehead atoms. The van der Waals surface area contributed by atoms with E-state index >= 15 is 0 Å². The van der Waals surface area contributed by atoms with Crippen LogP contribution in [0, 0.1) is 5.92 Å². The van der Waals surface area contributed by atoms with Gasteiger partial charge in [0.2, 0.25) is 0 Å². The molecule has 0 amide bonds. The zero-order valence-electron chi connectivity index (χ0n) is 32.7.